The van der Waals surface area contributed by atoms with Gasteiger partial charge in [-0.3, -0.25) is 4.98 Å². The molecule has 2 rings (SSSR count). The molecule has 0 aliphatic carbocycles. The molecular weight excluding hydrogens is 210 g/mol. The van der Waals surface area contributed by atoms with Crippen LogP contribution in [0.3, 0.4) is 0 Å². The summed E-state index contributed by atoms with van der Waals surface area (Å²) < 4.78 is 5.74. The molecule has 0 saturated carbocycles. The minimum absolute atomic E-state index is 0.694. The molecule has 1 aromatic heterocycles. The average molecular weight is 231 g/mol. The molecule has 17 heavy (non-hydrogen) atoms. The van der Waals surface area contributed by atoms with Gasteiger partial charge in [-0.05, 0) is 37.0 Å². The van der Waals surface area contributed by atoms with E-state index in [-0.39, 0.29) is 0 Å². The fourth-order valence-corrected chi connectivity index (χ4v) is 2.36. The Morgan fingerprint density at radius 3 is 2.76 bits per heavy atom. The molecule has 2 nitrogen and oxygen atoms in total. The Morgan fingerprint density at radius 2 is 2.06 bits per heavy atom. The van der Waals surface area contributed by atoms with E-state index in [0.717, 1.165) is 31.6 Å². The molecule has 2 heteroatoms. The van der Waals surface area contributed by atoms with Gasteiger partial charge in [0.2, 0.25) is 0 Å². The normalized spacial score (nSPS) is 15.7. The Hall–Kier alpha value is -1.15. The lowest BCUT2D eigenvalue weighted by molar-refractivity contribution is 0.143. The summed E-state index contributed by atoms with van der Waals surface area (Å²) in [6, 6.07) is 4.23. The van der Waals surface area contributed by atoms with E-state index in [1.54, 1.807) is 0 Å². The van der Waals surface area contributed by atoms with Crippen molar-refractivity contribution in [3.63, 3.8) is 0 Å². The van der Waals surface area contributed by atoms with Crippen molar-refractivity contribution in [2.24, 2.45) is 0 Å². The van der Waals surface area contributed by atoms with Crippen molar-refractivity contribution in [2.45, 2.75) is 46.6 Å². The number of pyridine rings is 1. The van der Waals surface area contributed by atoms with Crippen molar-refractivity contribution in [1.82, 2.24) is 4.98 Å². The van der Waals surface area contributed by atoms with Crippen molar-refractivity contribution < 1.29 is 4.74 Å². The van der Waals surface area contributed by atoms with Gasteiger partial charge in [-0.2, -0.15) is 0 Å². The van der Waals surface area contributed by atoms with E-state index in [1.165, 1.54) is 22.4 Å². The predicted octanol–water partition coefficient (Wildman–Crippen LogP) is 3.88. The van der Waals surface area contributed by atoms with Gasteiger partial charge < -0.3 is 4.74 Å². The van der Waals surface area contributed by atoms with Crippen LogP contribution in [-0.4, -0.2) is 11.6 Å². The molecular formula is C15H21NO. The first kappa shape index (κ1) is 12.3. The molecule has 0 saturated heterocycles. The summed E-state index contributed by atoms with van der Waals surface area (Å²) in [4.78, 5) is 4.73. The maximum Gasteiger partial charge on any atom is 0.0742 e. The fourth-order valence-electron chi connectivity index (χ4n) is 2.36. The summed E-state index contributed by atoms with van der Waals surface area (Å²) in [5.74, 6) is 0. The molecule has 1 aliphatic heterocycles. The monoisotopic (exact) mass is 231 g/mol. The minimum atomic E-state index is 0.694. The Morgan fingerprint density at radius 1 is 1.24 bits per heavy atom. The molecule has 0 unspecified atom stereocenters. The molecule has 0 bridgehead atoms. The van der Waals surface area contributed by atoms with Crippen LogP contribution in [0.2, 0.25) is 0 Å². The van der Waals surface area contributed by atoms with E-state index in [4.69, 9.17) is 9.72 Å². The Balaban J connectivity index is 2.53. The number of fused-ring (bicyclic) bond motifs is 1. The molecule has 0 atom stereocenters. The van der Waals surface area contributed by atoms with Gasteiger partial charge in [0.15, 0.2) is 0 Å². The number of hydrogen-bond donors (Lipinski definition) is 0. The van der Waals surface area contributed by atoms with Gasteiger partial charge in [0.1, 0.15) is 0 Å². The third kappa shape index (κ3) is 2.58. The van der Waals surface area contributed by atoms with Gasteiger partial charge in [-0.15, -0.1) is 0 Å². The van der Waals surface area contributed by atoms with E-state index < -0.39 is 0 Å². The Labute approximate surface area is 104 Å². The number of aromatic nitrogens is 1. The third-order valence-electron chi connectivity index (χ3n) is 3.29. The van der Waals surface area contributed by atoms with Crippen LogP contribution in [0.5, 0.6) is 0 Å². The molecule has 0 spiro atoms. The van der Waals surface area contributed by atoms with Gasteiger partial charge in [0.25, 0.3) is 0 Å². The molecule has 0 fully saturated rings. The highest BCUT2D eigenvalue weighted by Gasteiger charge is 2.17. The van der Waals surface area contributed by atoms with Crippen molar-refractivity contribution in [2.75, 3.05) is 6.61 Å². The van der Waals surface area contributed by atoms with Gasteiger partial charge in [0, 0.05) is 11.3 Å². The van der Waals surface area contributed by atoms with Crippen LogP contribution in [0.15, 0.2) is 17.7 Å². The van der Waals surface area contributed by atoms with Crippen molar-refractivity contribution in [3.8, 4) is 0 Å². The lowest BCUT2D eigenvalue weighted by atomic mass is 9.96. The molecule has 1 aliphatic rings. The minimum Gasteiger partial charge on any atom is -0.372 e. The van der Waals surface area contributed by atoms with Gasteiger partial charge in [-0.25, -0.2) is 0 Å². The maximum absolute atomic E-state index is 5.74. The van der Waals surface area contributed by atoms with Gasteiger partial charge >= 0.3 is 0 Å². The third-order valence-corrected chi connectivity index (χ3v) is 3.29. The average Bonchev–Trinajstić information content (AvgIpc) is 2.50. The van der Waals surface area contributed by atoms with Gasteiger partial charge in [-0.1, -0.05) is 26.3 Å². The van der Waals surface area contributed by atoms with E-state index in [0.29, 0.717) is 6.61 Å². The first-order valence-corrected chi connectivity index (χ1v) is 6.51. The number of allylic oxidation sites excluding steroid dienone is 1. The second-order valence-corrected chi connectivity index (χ2v) is 4.64. The number of hydrogen-bond acceptors (Lipinski definition) is 2. The van der Waals surface area contributed by atoms with Crippen LogP contribution in [0.25, 0.3) is 5.57 Å². The van der Waals surface area contributed by atoms with Crippen LogP contribution in [-0.2, 0) is 11.3 Å². The lowest BCUT2D eigenvalue weighted by Gasteiger charge is -2.12. The standard InChI is InChI=1S/C15H21NO/c1-4-6-14-12(5-2)9-17-10-13-8-7-11(3)16-15(13)14/h7-8H,4-6,9-10H2,1-3H3. The molecule has 1 aromatic rings. The summed E-state index contributed by atoms with van der Waals surface area (Å²) in [5.41, 5.74) is 6.35. The Bertz CT molecular complexity index is 435. The van der Waals surface area contributed by atoms with Crippen LogP contribution >= 0.6 is 0 Å². The summed E-state index contributed by atoms with van der Waals surface area (Å²) >= 11 is 0. The molecule has 0 N–H and O–H groups in total. The number of nitrogens with zero attached hydrogens (tertiary/aromatic N) is 1. The van der Waals surface area contributed by atoms with Crippen LogP contribution in [0.4, 0.5) is 0 Å². The molecule has 0 radical (unpaired) electrons. The smallest absolute Gasteiger partial charge is 0.0742 e. The summed E-state index contributed by atoms with van der Waals surface area (Å²) in [6.45, 7) is 7.94. The summed E-state index contributed by atoms with van der Waals surface area (Å²) in [5, 5.41) is 0. The topological polar surface area (TPSA) is 22.1 Å². The second kappa shape index (κ2) is 5.46. The summed E-state index contributed by atoms with van der Waals surface area (Å²) in [6.07, 6.45) is 3.33. The summed E-state index contributed by atoms with van der Waals surface area (Å²) in [7, 11) is 0. The van der Waals surface area contributed by atoms with Crippen molar-refractivity contribution in [1.29, 1.82) is 0 Å². The van der Waals surface area contributed by atoms with Crippen molar-refractivity contribution in [3.05, 3.63) is 34.7 Å². The number of ether oxygens (including phenoxy) is 1. The molecule has 0 amide bonds. The number of rotatable bonds is 3. The highest BCUT2D eigenvalue weighted by Crippen LogP contribution is 2.30. The van der Waals surface area contributed by atoms with E-state index in [9.17, 15) is 0 Å². The first-order chi connectivity index (χ1) is 8.26. The molecule has 0 aromatic carbocycles. The van der Waals surface area contributed by atoms with E-state index >= 15 is 0 Å². The van der Waals surface area contributed by atoms with Crippen LogP contribution in [0.1, 0.15) is 50.1 Å². The van der Waals surface area contributed by atoms with Gasteiger partial charge in [0.05, 0.1) is 18.9 Å². The largest absolute Gasteiger partial charge is 0.372 e. The lowest BCUT2D eigenvalue weighted by Crippen LogP contribution is -1.99. The maximum atomic E-state index is 5.74. The Kier molecular flexibility index (Phi) is 3.95. The van der Waals surface area contributed by atoms with Crippen molar-refractivity contribution >= 4 is 5.57 Å². The first-order valence-electron chi connectivity index (χ1n) is 6.51. The zero-order chi connectivity index (χ0) is 12.3. The highest BCUT2D eigenvalue weighted by molar-refractivity contribution is 5.69. The van der Waals surface area contributed by atoms with E-state index in [1.807, 2.05) is 0 Å². The molecule has 92 valence electrons. The highest BCUT2D eigenvalue weighted by atomic mass is 16.5. The van der Waals surface area contributed by atoms with Crippen LogP contribution < -0.4 is 0 Å². The predicted molar refractivity (Wildman–Crippen MR) is 70.7 cm³/mol. The fraction of sp³-hybridized carbons (Fsp3) is 0.533. The second-order valence-electron chi connectivity index (χ2n) is 4.64. The zero-order valence-corrected chi connectivity index (χ0v) is 11.0. The van der Waals surface area contributed by atoms with Crippen LogP contribution in [0, 0.1) is 6.92 Å². The zero-order valence-electron chi connectivity index (χ0n) is 11.0. The molecule has 2 heterocycles. The number of aryl methyl sites for hydroxylation is 1. The quantitative estimate of drug-likeness (QED) is 0.787. The van der Waals surface area contributed by atoms with E-state index in [2.05, 4.69) is 32.9 Å². The SMILES string of the molecule is CCCC1=C(CC)COCc2ccc(C)nc21.